The first-order valence-electron chi connectivity index (χ1n) is 11.1. The van der Waals surface area contributed by atoms with Gasteiger partial charge in [0.15, 0.2) is 17.2 Å². The molecule has 2 aromatic rings. The van der Waals surface area contributed by atoms with E-state index in [1.165, 1.54) is 10.5 Å². The van der Waals surface area contributed by atoms with Crippen molar-refractivity contribution in [1.82, 2.24) is 9.80 Å². The molecule has 0 radical (unpaired) electrons. The fourth-order valence-electron chi connectivity index (χ4n) is 5.15. The fourth-order valence-corrected chi connectivity index (χ4v) is 5.15. The quantitative estimate of drug-likeness (QED) is 0.705. The van der Waals surface area contributed by atoms with Crippen LogP contribution < -0.4 is 9.47 Å². The molecule has 6 heteroatoms. The van der Waals surface area contributed by atoms with Gasteiger partial charge in [-0.2, -0.15) is 0 Å². The second-order valence-electron chi connectivity index (χ2n) is 8.92. The van der Waals surface area contributed by atoms with Crippen molar-refractivity contribution in [3.8, 4) is 11.5 Å². The molecule has 2 amide bonds. The van der Waals surface area contributed by atoms with Gasteiger partial charge < -0.3 is 9.47 Å². The third-order valence-electron chi connectivity index (χ3n) is 7.06. The van der Waals surface area contributed by atoms with Gasteiger partial charge in [-0.15, -0.1) is 0 Å². The molecule has 0 aromatic heterocycles. The molecule has 0 bridgehead atoms. The Morgan fingerprint density at radius 1 is 1.03 bits per heavy atom. The van der Waals surface area contributed by atoms with E-state index in [2.05, 4.69) is 17.9 Å². The predicted molar refractivity (Wildman–Crippen MR) is 116 cm³/mol. The van der Waals surface area contributed by atoms with Crippen molar-refractivity contribution < 1.29 is 19.1 Å². The Labute approximate surface area is 182 Å². The summed E-state index contributed by atoms with van der Waals surface area (Å²) in [5.74, 6) is 1.63. The van der Waals surface area contributed by atoms with Crippen LogP contribution >= 0.6 is 0 Å². The molecule has 0 N–H and O–H groups in total. The fraction of sp³-hybridized carbons (Fsp3) is 0.440. The summed E-state index contributed by atoms with van der Waals surface area (Å²) in [6.45, 7) is 4.42. The first-order chi connectivity index (χ1) is 15.0. The van der Waals surface area contributed by atoms with E-state index in [0.29, 0.717) is 23.6 Å². The molecule has 162 valence electrons. The lowest BCUT2D eigenvalue weighted by Gasteiger charge is -2.47. The highest BCUT2D eigenvalue weighted by atomic mass is 16.5. The first kappa shape index (κ1) is 20.1. The highest BCUT2D eigenvalue weighted by Gasteiger charge is 2.42. The smallest absolute Gasteiger partial charge is 0.261 e. The average molecular weight is 421 g/mol. The summed E-state index contributed by atoms with van der Waals surface area (Å²) in [6.07, 6.45) is 3.75. The van der Waals surface area contributed by atoms with Gasteiger partial charge in [0.2, 0.25) is 0 Å². The highest BCUT2D eigenvalue weighted by Crippen LogP contribution is 2.42. The molecule has 5 rings (SSSR count). The molecule has 3 aliphatic heterocycles. The Balaban J connectivity index is 1.23. The van der Waals surface area contributed by atoms with E-state index in [1.54, 1.807) is 19.2 Å². The zero-order valence-corrected chi connectivity index (χ0v) is 18.1. The second-order valence-corrected chi connectivity index (χ2v) is 8.92. The zero-order chi connectivity index (χ0) is 21.6. The molecule has 1 fully saturated rings. The molecular formula is C25H28N2O4. The number of likely N-dealkylation sites (tertiary alicyclic amines) is 1. The number of nitrogens with zero attached hydrogens (tertiary/aromatic N) is 2. The van der Waals surface area contributed by atoms with Crippen LogP contribution in [0.5, 0.6) is 11.5 Å². The van der Waals surface area contributed by atoms with Crippen LogP contribution in [-0.4, -0.2) is 54.1 Å². The molecule has 1 atom stereocenters. The molecule has 3 heterocycles. The van der Waals surface area contributed by atoms with Gasteiger partial charge in [-0.3, -0.25) is 19.4 Å². The van der Waals surface area contributed by atoms with E-state index in [4.69, 9.17) is 9.47 Å². The number of methoxy groups -OCH3 is 1. The molecule has 0 aliphatic carbocycles. The number of amides is 2. The van der Waals surface area contributed by atoms with Crippen molar-refractivity contribution in [1.29, 1.82) is 0 Å². The Hall–Kier alpha value is -2.86. The molecule has 0 saturated carbocycles. The minimum atomic E-state index is -0.373. The number of benzene rings is 2. The number of hydrogen-bond acceptors (Lipinski definition) is 5. The minimum Gasteiger partial charge on any atom is -0.493 e. The second kappa shape index (κ2) is 7.68. The third-order valence-corrected chi connectivity index (χ3v) is 7.06. The van der Waals surface area contributed by atoms with Gasteiger partial charge in [0, 0.05) is 26.1 Å². The van der Waals surface area contributed by atoms with Crippen molar-refractivity contribution in [3.63, 3.8) is 0 Å². The number of fused-ring (bicyclic) bond motifs is 2. The van der Waals surface area contributed by atoms with Crippen LogP contribution in [0, 0.1) is 5.92 Å². The Bertz CT molecular complexity index is 979. The lowest BCUT2D eigenvalue weighted by Crippen LogP contribution is -2.56. The van der Waals surface area contributed by atoms with Crippen molar-refractivity contribution >= 4 is 11.8 Å². The lowest BCUT2D eigenvalue weighted by molar-refractivity contribution is -0.0999. The number of aryl methyl sites for hydroxylation is 1. The summed E-state index contributed by atoms with van der Waals surface area (Å²) < 4.78 is 12.0. The van der Waals surface area contributed by atoms with E-state index in [1.807, 2.05) is 24.3 Å². The molecule has 1 unspecified atom stereocenters. The number of hydrogen-bond donors (Lipinski definition) is 0. The van der Waals surface area contributed by atoms with Crippen LogP contribution in [0.4, 0.5) is 0 Å². The van der Waals surface area contributed by atoms with Gasteiger partial charge in [0.1, 0.15) is 0 Å². The molecule has 2 aromatic carbocycles. The van der Waals surface area contributed by atoms with E-state index in [0.717, 1.165) is 50.3 Å². The zero-order valence-electron chi connectivity index (χ0n) is 18.1. The van der Waals surface area contributed by atoms with Crippen LogP contribution in [0.25, 0.3) is 0 Å². The van der Waals surface area contributed by atoms with Crippen LogP contribution in [-0.2, 0) is 6.42 Å². The Kier molecular flexibility index (Phi) is 4.97. The number of piperidine rings is 1. The first-order valence-corrected chi connectivity index (χ1v) is 11.1. The van der Waals surface area contributed by atoms with Gasteiger partial charge in [-0.05, 0) is 55.9 Å². The maximum atomic E-state index is 12.7. The minimum absolute atomic E-state index is 0.158. The van der Waals surface area contributed by atoms with Gasteiger partial charge in [-0.25, -0.2) is 0 Å². The van der Waals surface area contributed by atoms with Crippen molar-refractivity contribution in [2.75, 3.05) is 26.7 Å². The standard InChI is InChI=1S/C25H28N2O4/c1-25(13-10-18-6-5-9-21(30-2)22(18)31-25)26-14-11-17(12-15-26)16-27-23(28)19-7-3-4-8-20(19)24(27)29/h3-9,17H,10-16H2,1-2H3. The Morgan fingerprint density at radius 2 is 1.71 bits per heavy atom. The van der Waals surface area contributed by atoms with Crippen molar-refractivity contribution in [2.45, 2.75) is 38.3 Å². The summed E-state index contributed by atoms with van der Waals surface area (Å²) in [7, 11) is 1.68. The summed E-state index contributed by atoms with van der Waals surface area (Å²) >= 11 is 0. The van der Waals surface area contributed by atoms with E-state index in [-0.39, 0.29) is 17.5 Å². The number of carbonyl (C=O) groups excluding carboxylic acids is 2. The molecule has 0 spiro atoms. The molecule has 3 aliphatic rings. The van der Waals surface area contributed by atoms with E-state index in [9.17, 15) is 9.59 Å². The van der Waals surface area contributed by atoms with Gasteiger partial charge in [0.25, 0.3) is 11.8 Å². The molecule has 1 saturated heterocycles. The van der Waals surface area contributed by atoms with Gasteiger partial charge in [-0.1, -0.05) is 24.3 Å². The monoisotopic (exact) mass is 420 g/mol. The average Bonchev–Trinajstić information content (AvgIpc) is 3.04. The number of imide groups is 1. The summed E-state index contributed by atoms with van der Waals surface area (Å²) in [6, 6.07) is 13.2. The molecule has 31 heavy (non-hydrogen) atoms. The van der Waals surface area contributed by atoms with Crippen LogP contribution in [0.3, 0.4) is 0 Å². The summed E-state index contributed by atoms with van der Waals surface area (Å²) in [5, 5.41) is 0. The normalized spacial score (nSPS) is 24.0. The van der Waals surface area contributed by atoms with Gasteiger partial charge >= 0.3 is 0 Å². The van der Waals surface area contributed by atoms with E-state index >= 15 is 0 Å². The van der Waals surface area contributed by atoms with Crippen LogP contribution in [0.1, 0.15) is 52.5 Å². The molecular weight excluding hydrogens is 392 g/mol. The van der Waals surface area contributed by atoms with Crippen LogP contribution in [0.2, 0.25) is 0 Å². The van der Waals surface area contributed by atoms with Crippen LogP contribution in [0.15, 0.2) is 42.5 Å². The lowest BCUT2D eigenvalue weighted by atomic mass is 9.91. The number of ether oxygens (including phenoxy) is 2. The number of rotatable bonds is 4. The maximum Gasteiger partial charge on any atom is 0.261 e. The SMILES string of the molecule is COc1cccc2c1OC(C)(N1CCC(CN3C(=O)c4ccccc4C3=O)CC1)CC2. The van der Waals surface area contributed by atoms with E-state index < -0.39 is 0 Å². The summed E-state index contributed by atoms with van der Waals surface area (Å²) in [4.78, 5) is 29.2. The van der Waals surface area contributed by atoms with Crippen molar-refractivity contribution in [2.24, 2.45) is 5.92 Å². The number of carbonyl (C=O) groups is 2. The van der Waals surface area contributed by atoms with Gasteiger partial charge in [0.05, 0.1) is 18.2 Å². The number of para-hydroxylation sites is 1. The summed E-state index contributed by atoms with van der Waals surface area (Å²) in [5.41, 5.74) is 1.88. The Morgan fingerprint density at radius 3 is 2.35 bits per heavy atom. The highest BCUT2D eigenvalue weighted by molar-refractivity contribution is 6.21. The molecule has 6 nitrogen and oxygen atoms in total. The maximum absolute atomic E-state index is 12.7. The van der Waals surface area contributed by atoms with Crippen molar-refractivity contribution in [3.05, 3.63) is 59.2 Å². The predicted octanol–water partition coefficient (Wildman–Crippen LogP) is 3.74. The largest absolute Gasteiger partial charge is 0.493 e. The third kappa shape index (κ3) is 3.39. The topological polar surface area (TPSA) is 59.1 Å².